The summed E-state index contributed by atoms with van der Waals surface area (Å²) in [5, 5.41) is 2.84. The van der Waals surface area contributed by atoms with Crippen molar-refractivity contribution in [2.24, 2.45) is 5.92 Å². The number of sulfone groups is 1. The van der Waals surface area contributed by atoms with E-state index < -0.39 is 9.84 Å². The van der Waals surface area contributed by atoms with Crippen LogP contribution in [0, 0.1) is 19.8 Å². The van der Waals surface area contributed by atoms with Gasteiger partial charge in [-0.25, -0.2) is 23.4 Å². The minimum atomic E-state index is -3.27. The predicted molar refractivity (Wildman–Crippen MR) is 140 cm³/mol. The zero-order valence-corrected chi connectivity index (χ0v) is 22.6. The molecule has 2 unspecified atom stereocenters. The van der Waals surface area contributed by atoms with Crippen LogP contribution in [0.15, 0.2) is 47.4 Å². The molecule has 0 spiro atoms. The lowest BCUT2D eigenvalue weighted by Crippen LogP contribution is -2.30. The first-order valence-electron chi connectivity index (χ1n) is 12.5. The van der Waals surface area contributed by atoms with Gasteiger partial charge in [0.05, 0.1) is 28.0 Å². The maximum Gasteiger partial charge on any atom is 0.270 e. The molecule has 2 aromatic heterocycles. The van der Waals surface area contributed by atoms with Crippen LogP contribution in [-0.4, -0.2) is 40.8 Å². The quantitative estimate of drug-likeness (QED) is 0.493. The third-order valence-electron chi connectivity index (χ3n) is 6.84. The van der Waals surface area contributed by atoms with E-state index in [1.54, 1.807) is 43.3 Å². The highest BCUT2D eigenvalue weighted by molar-refractivity contribution is 7.91. The van der Waals surface area contributed by atoms with Crippen LogP contribution >= 0.6 is 0 Å². The van der Waals surface area contributed by atoms with Gasteiger partial charge in [-0.2, -0.15) is 0 Å². The Labute approximate surface area is 217 Å². The van der Waals surface area contributed by atoms with Crippen LogP contribution in [-0.2, 0) is 16.4 Å². The third-order valence-corrected chi connectivity index (χ3v) is 8.59. The summed E-state index contributed by atoms with van der Waals surface area (Å²) in [6.07, 6.45) is 0.574. The summed E-state index contributed by atoms with van der Waals surface area (Å²) in [7, 11) is -3.27. The molecule has 2 heterocycles. The van der Waals surface area contributed by atoms with Gasteiger partial charge in [0.1, 0.15) is 11.5 Å². The topological polar surface area (TPSA) is 119 Å². The van der Waals surface area contributed by atoms with Crippen molar-refractivity contribution in [3.05, 3.63) is 82.2 Å². The van der Waals surface area contributed by atoms with Gasteiger partial charge in [0.2, 0.25) is 0 Å². The van der Waals surface area contributed by atoms with Gasteiger partial charge in [-0.15, -0.1) is 0 Å². The van der Waals surface area contributed by atoms with Crippen LogP contribution in [0.25, 0.3) is 0 Å². The Balaban J connectivity index is 1.55. The second kappa shape index (κ2) is 10.5. The molecule has 37 heavy (non-hydrogen) atoms. The van der Waals surface area contributed by atoms with E-state index >= 15 is 0 Å². The number of rotatable bonds is 7. The van der Waals surface area contributed by atoms with Crippen LogP contribution < -0.4 is 5.32 Å². The van der Waals surface area contributed by atoms with Gasteiger partial charge in [0.25, 0.3) is 5.91 Å². The molecule has 4 rings (SSSR count). The smallest absolute Gasteiger partial charge is 0.270 e. The molecular weight excluding hydrogens is 488 g/mol. The molecular formula is C28H32N4O4S. The van der Waals surface area contributed by atoms with Gasteiger partial charge >= 0.3 is 0 Å². The lowest BCUT2D eigenvalue weighted by molar-refractivity contribution is 0.0919. The van der Waals surface area contributed by atoms with Crippen molar-refractivity contribution >= 4 is 21.5 Å². The number of benzene rings is 1. The number of carbonyl (C=O) groups excluding carboxylic acids is 2. The molecule has 1 aliphatic carbocycles. The van der Waals surface area contributed by atoms with Crippen LogP contribution in [0.4, 0.5) is 0 Å². The number of ketones is 1. The summed E-state index contributed by atoms with van der Waals surface area (Å²) in [4.78, 5) is 40.2. The molecule has 3 aromatic rings. The number of pyridine rings is 1. The fourth-order valence-corrected chi connectivity index (χ4v) is 5.66. The average Bonchev–Trinajstić information content (AvgIpc) is 2.86. The van der Waals surface area contributed by atoms with Crippen molar-refractivity contribution in [3.8, 4) is 0 Å². The van der Waals surface area contributed by atoms with E-state index in [1.807, 2.05) is 19.9 Å². The molecule has 1 amide bonds. The lowest BCUT2D eigenvalue weighted by Gasteiger charge is -2.32. The Bertz CT molecular complexity index is 1430. The third kappa shape index (κ3) is 5.61. The van der Waals surface area contributed by atoms with E-state index in [1.165, 1.54) is 0 Å². The van der Waals surface area contributed by atoms with Crippen molar-refractivity contribution in [1.29, 1.82) is 0 Å². The summed E-state index contributed by atoms with van der Waals surface area (Å²) >= 11 is 0. The number of Topliss-reactive ketones (excluding diaryl/α,β-unsaturated/α-hetero) is 1. The molecule has 2 atom stereocenters. The minimum Gasteiger partial charge on any atom is -0.347 e. The normalized spacial score (nSPS) is 17.5. The number of aromatic nitrogens is 3. The second-order valence-electron chi connectivity index (χ2n) is 9.84. The zero-order valence-electron chi connectivity index (χ0n) is 21.8. The van der Waals surface area contributed by atoms with E-state index in [2.05, 4.69) is 34.1 Å². The molecule has 0 fully saturated rings. The van der Waals surface area contributed by atoms with E-state index in [9.17, 15) is 18.0 Å². The van der Waals surface area contributed by atoms with Gasteiger partial charge in [0, 0.05) is 23.7 Å². The number of nitrogens with one attached hydrogen (secondary N) is 1. The fourth-order valence-electron chi connectivity index (χ4n) is 4.77. The lowest BCUT2D eigenvalue weighted by atomic mass is 9.73. The van der Waals surface area contributed by atoms with Gasteiger partial charge in [-0.1, -0.05) is 32.9 Å². The Morgan fingerprint density at radius 2 is 1.76 bits per heavy atom. The second-order valence-corrected chi connectivity index (χ2v) is 12.1. The number of hydrogen-bond donors (Lipinski definition) is 1. The van der Waals surface area contributed by atoms with E-state index in [0.717, 1.165) is 17.0 Å². The number of carbonyl (C=O) groups is 2. The molecule has 1 aromatic carbocycles. The first-order valence-corrected chi connectivity index (χ1v) is 14.1. The predicted octanol–water partition coefficient (Wildman–Crippen LogP) is 4.32. The molecule has 8 nitrogen and oxygen atoms in total. The fraction of sp³-hybridized carbons (Fsp3) is 0.393. The molecule has 9 heteroatoms. The van der Waals surface area contributed by atoms with Gasteiger partial charge in [-0.05, 0) is 62.1 Å². The summed E-state index contributed by atoms with van der Waals surface area (Å²) in [6.45, 7) is 9.73. The number of aryl methyl sites for hydroxylation is 2. The number of hydrogen-bond acceptors (Lipinski definition) is 7. The van der Waals surface area contributed by atoms with Crippen molar-refractivity contribution in [2.75, 3.05) is 5.75 Å². The van der Waals surface area contributed by atoms with E-state index in [0.29, 0.717) is 23.5 Å². The van der Waals surface area contributed by atoms with Crippen LogP contribution in [0.2, 0.25) is 0 Å². The van der Waals surface area contributed by atoms with Crippen molar-refractivity contribution in [3.63, 3.8) is 0 Å². The summed E-state index contributed by atoms with van der Waals surface area (Å²) < 4.78 is 24.0. The van der Waals surface area contributed by atoms with Crippen molar-refractivity contribution in [2.45, 2.75) is 64.3 Å². The van der Waals surface area contributed by atoms with Crippen LogP contribution in [0.5, 0.6) is 0 Å². The highest BCUT2D eigenvalue weighted by Crippen LogP contribution is 2.42. The summed E-state index contributed by atoms with van der Waals surface area (Å²) in [5.41, 5.74) is 3.76. The van der Waals surface area contributed by atoms with Crippen molar-refractivity contribution < 1.29 is 18.0 Å². The van der Waals surface area contributed by atoms with Crippen molar-refractivity contribution in [1.82, 2.24) is 20.3 Å². The van der Waals surface area contributed by atoms with Gasteiger partial charge in [0.15, 0.2) is 15.6 Å². The first-order chi connectivity index (χ1) is 17.5. The maximum absolute atomic E-state index is 13.5. The monoisotopic (exact) mass is 520 g/mol. The van der Waals surface area contributed by atoms with Gasteiger partial charge in [-0.3, -0.25) is 9.59 Å². The number of fused-ring (bicyclic) bond motifs is 1. The molecule has 0 aliphatic heterocycles. The molecule has 1 N–H and O–H groups in total. The standard InChI is InChI=1S/C28H32N4O4S/c1-6-37(35,36)20-9-7-19(8-10-20)15-29-28(34)24-12-11-21-26(32-24)22(16(2)3)14-23(27(21)33)25-13-17(4)30-18(5)31-25/h7-13,16,22-23H,6,14-15H2,1-5H3,(H,29,34). The highest BCUT2D eigenvalue weighted by atomic mass is 32.2. The van der Waals surface area contributed by atoms with Gasteiger partial charge < -0.3 is 5.32 Å². The number of nitrogens with zero attached hydrogens (tertiary/aromatic N) is 3. The Morgan fingerprint density at radius 3 is 2.38 bits per heavy atom. The summed E-state index contributed by atoms with van der Waals surface area (Å²) in [5.74, 6) is 0.114. The molecule has 0 saturated heterocycles. The molecule has 0 saturated carbocycles. The molecule has 194 valence electrons. The van der Waals surface area contributed by atoms with Crippen LogP contribution in [0.3, 0.4) is 0 Å². The Kier molecular flexibility index (Phi) is 7.54. The summed E-state index contributed by atoms with van der Waals surface area (Å²) in [6, 6.07) is 11.6. The Morgan fingerprint density at radius 1 is 1.05 bits per heavy atom. The Hall–Kier alpha value is -3.46. The maximum atomic E-state index is 13.5. The van der Waals surface area contributed by atoms with Crippen LogP contribution in [0.1, 0.15) is 88.3 Å². The minimum absolute atomic E-state index is 0.00548. The largest absolute Gasteiger partial charge is 0.347 e. The average molecular weight is 521 g/mol. The zero-order chi connectivity index (χ0) is 26.9. The van der Waals surface area contributed by atoms with E-state index in [-0.39, 0.29) is 52.3 Å². The molecule has 0 radical (unpaired) electrons. The molecule has 1 aliphatic rings. The highest BCUT2D eigenvalue weighted by Gasteiger charge is 2.38. The number of amides is 1. The van der Waals surface area contributed by atoms with E-state index in [4.69, 9.17) is 0 Å². The molecule has 0 bridgehead atoms. The first kappa shape index (κ1) is 26.6. The SMILES string of the molecule is CCS(=O)(=O)c1ccc(CNC(=O)c2ccc3c(n2)C(C(C)C)CC(c2cc(C)nc(C)n2)C3=O)cc1.